The zero-order valence-electron chi connectivity index (χ0n) is 15.3. The molecule has 1 aromatic heterocycles. The molecule has 8 heteroatoms. The summed E-state index contributed by atoms with van der Waals surface area (Å²) < 4.78 is 18.4. The van der Waals surface area contributed by atoms with Crippen molar-refractivity contribution in [3.8, 4) is 6.07 Å². The van der Waals surface area contributed by atoms with E-state index in [0.717, 1.165) is 11.3 Å². The van der Waals surface area contributed by atoms with Gasteiger partial charge in [0, 0.05) is 6.92 Å². The van der Waals surface area contributed by atoms with Crippen LogP contribution in [0.3, 0.4) is 0 Å². The van der Waals surface area contributed by atoms with Crippen LogP contribution in [0.15, 0.2) is 24.3 Å². The standard InChI is InChI=1S/C20H17FN2O4S/c1-3-27-19(26)15-14-8-9-20(10-22,12-4-6-13(21)7-5-12)17(25)16(14)28-18(15)23-11(2)24/h4-7H,3,8-9H2,1-2H3,(H,23,24). The summed E-state index contributed by atoms with van der Waals surface area (Å²) in [7, 11) is 0. The number of thiophene rings is 1. The molecule has 1 aliphatic rings. The summed E-state index contributed by atoms with van der Waals surface area (Å²) in [5, 5.41) is 12.7. The number of Topliss-reactive ketones (excluding diaryl/α,β-unsaturated/α-hetero) is 1. The van der Waals surface area contributed by atoms with Crippen LogP contribution in [0.5, 0.6) is 0 Å². The summed E-state index contributed by atoms with van der Waals surface area (Å²) in [5.74, 6) is -1.94. The highest BCUT2D eigenvalue weighted by molar-refractivity contribution is 7.19. The first-order chi connectivity index (χ1) is 13.3. The Morgan fingerprint density at radius 1 is 1.36 bits per heavy atom. The number of fused-ring (bicyclic) bond motifs is 1. The first-order valence-corrected chi connectivity index (χ1v) is 9.48. The Labute approximate surface area is 164 Å². The lowest BCUT2D eigenvalue weighted by molar-refractivity contribution is -0.114. The molecule has 0 saturated carbocycles. The van der Waals surface area contributed by atoms with Crippen LogP contribution in [0.25, 0.3) is 0 Å². The van der Waals surface area contributed by atoms with Crippen LogP contribution in [0.1, 0.15) is 51.4 Å². The molecule has 28 heavy (non-hydrogen) atoms. The number of benzene rings is 1. The number of nitrogens with zero attached hydrogens (tertiary/aromatic N) is 1. The number of hydrogen-bond acceptors (Lipinski definition) is 6. The minimum absolute atomic E-state index is 0.142. The lowest BCUT2D eigenvalue weighted by atomic mass is 9.69. The molecule has 0 fully saturated rings. The van der Waals surface area contributed by atoms with E-state index in [0.29, 0.717) is 11.1 Å². The number of ether oxygens (including phenoxy) is 1. The monoisotopic (exact) mass is 400 g/mol. The predicted octanol–water partition coefficient (Wildman–Crippen LogP) is 3.61. The third-order valence-corrected chi connectivity index (χ3v) is 5.79. The van der Waals surface area contributed by atoms with Crippen molar-refractivity contribution < 1.29 is 23.5 Å². The summed E-state index contributed by atoms with van der Waals surface area (Å²) in [5.41, 5.74) is -0.425. The Morgan fingerprint density at radius 3 is 2.61 bits per heavy atom. The summed E-state index contributed by atoms with van der Waals surface area (Å²) in [6.45, 7) is 3.11. The van der Waals surface area contributed by atoms with Crippen LogP contribution in [-0.4, -0.2) is 24.3 Å². The van der Waals surface area contributed by atoms with Gasteiger partial charge in [-0.05, 0) is 43.0 Å². The second-order valence-electron chi connectivity index (χ2n) is 6.37. The van der Waals surface area contributed by atoms with Gasteiger partial charge in [-0.3, -0.25) is 9.59 Å². The van der Waals surface area contributed by atoms with Gasteiger partial charge in [-0.15, -0.1) is 11.3 Å². The van der Waals surface area contributed by atoms with Crippen molar-refractivity contribution in [1.82, 2.24) is 0 Å². The maximum atomic E-state index is 13.3. The molecule has 0 spiro atoms. The van der Waals surface area contributed by atoms with Gasteiger partial charge in [-0.2, -0.15) is 5.26 Å². The minimum Gasteiger partial charge on any atom is -0.462 e. The first-order valence-electron chi connectivity index (χ1n) is 8.66. The quantitative estimate of drug-likeness (QED) is 0.791. The highest BCUT2D eigenvalue weighted by atomic mass is 32.1. The van der Waals surface area contributed by atoms with E-state index < -0.39 is 23.0 Å². The van der Waals surface area contributed by atoms with Gasteiger partial charge in [0.15, 0.2) is 5.78 Å². The number of rotatable bonds is 4. The van der Waals surface area contributed by atoms with Gasteiger partial charge in [0.05, 0.1) is 23.1 Å². The molecule has 1 N–H and O–H groups in total. The van der Waals surface area contributed by atoms with Crippen LogP contribution in [0.2, 0.25) is 0 Å². The van der Waals surface area contributed by atoms with E-state index >= 15 is 0 Å². The minimum atomic E-state index is -1.47. The topological polar surface area (TPSA) is 96.3 Å². The molecular weight excluding hydrogens is 383 g/mol. The molecule has 0 saturated heterocycles. The number of halogens is 1. The molecule has 1 atom stereocenters. The van der Waals surface area contributed by atoms with Crippen molar-refractivity contribution in [2.45, 2.75) is 32.1 Å². The average Bonchev–Trinajstić information content (AvgIpc) is 3.01. The molecule has 3 rings (SSSR count). The number of nitrogens with one attached hydrogen (secondary N) is 1. The number of nitriles is 1. The largest absolute Gasteiger partial charge is 0.462 e. The molecule has 0 aliphatic heterocycles. The van der Waals surface area contributed by atoms with Gasteiger partial charge in [-0.1, -0.05) is 12.1 Å². The Kier molecular flexibility index (Phi) is 5.29. The summed E-state index contributed by atoms with van der Waals surface area (Å²) in [6, 6.07) is 7.37. The Hall–Kier alpha value is -3.05. The maximum absolute atomic E-state index is 13.3. The van der Waals surface area contributed by atoms with E-state index in [1.165, 1.54) is 31.2 Å². The molecule has 0 bridgehead atoms. The summed E-state index contributed by atoms with van der Waals surface area (Å²) in [4.78, 5) is 37.5. The van der Waals surface area contributed by atoms with E-state index in [4.69, 9.17) is 4.74 Å². The van der Waals surface area contributed by atoms with Crippen molar-refractivity contribution in [1.29, 1.82) is 5.26 Å². The van der Waals surface area contributed by atoms with Crippen LogP contribution in [-0.2, 0) is 21.4 Å². The van der Waals surface area contributed by atoms with Crippen molar-refractivity contribution in [2.75, 3.05) is 11.9 Å². The summed E-state index contributed by atoms with van der Waals surface area (Å²) in [6.07, 6.45) is 0.417. The molecule has 1 aliphatic carbocycles. The molecule has 1 amide bonds. The zero-order valence-corrected chi connectivity index (χ0v) is 16.1. The molecule has 1 heterocycles. The number of ketones is 1. The van der Waals surface area contributed by atoms with Gasteiger partial charge in [0.1, 0.15) is 16.2 Å². The molecule has 1 aromatic carbocycles. The number of carbonyl (C=O) groups excluding carboxylic acids is 3. The van der Waals surface area contributed by atoms with Crippen molar-refractivity contribution in [3.05, 3.63) is 51.7 Å². The lowest BCUT2D eigenvalue weighted by Crippen LogP contribution is -2.38. The van der Waals surface area contributed by atoms with Gasteiger partial charge in [-0.25, -0.2) is 9.18 Å². The normalized spacial score (nSPS) is 18.1. The number of hydrogen-bond donors (Lipinski definition) is 1. The third kappa shape index (κ3) is 3.18. The van der Waals surface area contributed by atoms with Gasteiger partial charge in [0.2, 0.25) is 5.91 Å². The molecule has 1 unspecified atom stereocenters. The number of anilines is 1. The average molecular weight is 400 g/mol. The highest BCUT2D eigenvalue weighted by Gasteiger charge is 2.47. The van der Waals surface area contributed by atoms with Crippen LogP contribution in [0, 0.1) is 17.1 Å². The second-order valence-corrected chi connectivity index (χ2v) is 7.39. The highest BCUT2D eigenvalue weighted by Crippen LogP contribution is 2.45. The fourth-order valence-corrected chi connectivity index (χ4v) is 4.66. The summed E-state index contributed by atoms with van der Waals surface area (Å²) >= 11 is 0.961. The van der Waals surface area contributed by atoms with Crippen LogP contribution in [0.4, 0.5) is 9.39 Å². The zero-order chi connectivity index (χ0) is 20.5. The van der Waals surface area contributed by atoms with Gasteiger partial charge >= 0.3 is 5.97 Å². The van der Waals surface area contributed by atoms with Crippen molar-refractivity contribution >= 4 is 34.0 Å². The van der Waals surface area contributed by atoms with E-state index in [2.05, 4.69) is 11.4 Å². The maximum Gasteiger partial charge on any atom is 0.341 e. The fourth-order valence-electron chi connectivity index (χ4n) is 3.36. The number of esters is 1. The Morgan fingerprint density at radius 2 is 2.04 bits per heavy atom. The molecule has 0 radical (unpaired) electrons. The predicted molar refractivity (Wildman–Crippen MR) is 101 cm³/mol. The van der Waals surface area contributed by atoms with E-state index in [9.17, 15) is 24.0 Å². The molecule has 144 valence electrons. The number of carbonyl (C=O) groups is 3. The van der Waals surface area contributed by atoms with E-state index in [-0.39, 0.29) is 40.8 Å². The second kappa shape index (κ2) is 7.52. The van der Waals surface area contributed by atoms with E-state index in [1.807, 2.05) is 0 Å². The van der Waals surface area contributed by atoms with Crippen LogP contribution >= 0.6 is 11.3 Å². The van der Waals surface area contributed by atoms with Crippen LogP contribution < -0.4 is 5.32 Å². The smallest absolute Gasteiger partial charge is 0.341 e. The number of amides is 1. The van der Waals surface area contributed by atoms with E-state index in [1.54, 1.807) is 6.92 Å². The van der Waals surface area contributed by atoms with Gasteiger partial charge < -0.3 is 10.1 Å². The van der Waals surface area contributed by atoms with Crippen molar-refractivity contribution in [2.24, 2.45) is 0 Å². The molecule has 6 nitrogen and oxygen atoms in total. The van der Waals surface area contributed by atoms with Gasteiger partial charge in [0.25, 0.3) is 0 Å². The lowest BCUT2D eigenvalue weighted by Gasteiger charge is -2.29. The Bertz CT molecular complexity index is 1010. The molecule has 2 aromatic rings. The Balaban J connectivity index is 2.14. The third-order valence-electron chi connectivity index (χ3n) is 4.65. The van der Waals surface area contributed by atoms with Crippen molar-refractivity contribution in [3.63, 3.8) is 0 Å². The first kappa shape index (κ1) is 19.7. The fraction of sp³-hybridized carbons (Fsp3) is 0.300. The molecular formula is C20H17FN2O4S. The SMILES string of the molecule is CCOC(=O)c1c(NC(C)=O)sc2c1CCC(C#N)(c1ccc(F)cc1)C2=O.